The average Bonchev–Trinajstić information content (AvgIpc) is 3.44. The number of benzene rings is 1. The average molecular weight is 548 g/mol. The summed E-state index contributed by atoms with van der Waals surface area (Å²) >= 11 is 1.43. The van der Waals surface area contributed by atoms with Crippen molar-refractivity contribution >= 4 is 37.9 Å². The summed E-state index contributed by atoms with van der Waals surface area (Å²) < 4.78 is 30.5. The van der Waals surface area contributed by atoms with Gasteiger partial charge in [0.25, 0.3) is 5.91 Å². The van der Waals surface area contributed by atoms with E-state index in [0.29, 0.717) is 43.2 Å². The number of hydrogen-bond acceptors (Lipinski definition) is 10. The lowest BCUT2D eigenvalue weighted by Crippen LogP contribution is -2.56. The van der Waals surface area contributed by atoms with Crippen molar-refractivity contribution < 1.29 is 22.8 Å². The van der Waals surface area contributed by atoms with Crippen molar-refractivity contribution in [3.63, 3.8) is 0 Å². The smallest absolute Gasteiger partial charge is 0.280 e. The number of carbonyl (C=O) groups is 1. The second kappa shape index (κ2) is 10.8. The molecule has 2 saturated heterocycles. The highest BCUT2D eigenvalue weighted by Crippen LogP contribution is 2.33. The van der Waals surface area contributed by atoms with Crippen molar-refractivity contribution in [3.05, 3.63) is 40.9 Å². The van der Waals surface area contributed by atoms with Crippen molar-refractivity contribution in [3.8, 4) is 0 Å². The number of sulfone groups is 1. The molecule has 0 bridgehead atoms. The Morgan fingerprint density at radius 1 is 1.30 bits per heavy atom. The molecule has 1 saturated carbocycles. The van der Waals surface area contributed by atoms with Crippen LogP contribution >= 0.6 is 11.3 Å². The van der Waals surface area contributed by atoms with Crippen LogP contribution in [0.2, 0.25) is 0 Å². The zero-order chi connectivity index (χ0) is 26.0. The molecule has 3 heterocycles. The molecule has 2 aliphatic heterocycles. The molecule has 2 N–H and O–H groups in total. The second-order valence-electron chi connectivity index (χ2n) is 10.4. The van der Waals surface area contributed by atoms with Crippen LogP contribution in [0.5, 0.6) is 0 Å². The molecule has 1 amide bonds. The molecule has 5 rings (SSSR count). The molecule has 3 fully saturated rings. The first-order chi connectivity index (χ1) is 17.7. The number of thiazole rings is 1. The number of amides is 1. The summed E-state index contributed by atoms with van der Waals surface area (Å²) in [6, 6.07) is 6.26. The minimum absolute atomic E-state index is 0.0582. The van der Waals surface area contributed by atoms with Crippen LogP contribution in [0.15, 0.2) is 40.5 Å². The Morgan fingerprint density at radius 3 is 2.76 bits per heavy atom. The Hall–Kier alpha value is -2.38. The molecule has 0 radical (unpaired) electrons. The van der Waals surface area contributed by atoms with Crippen LogP contribution in [0.3, 0.4) is 0 Å². The highest BCUT2D eigenvalue weighted by Gasteiger charge is 2.37. The maximum Gasteiger partial charge on any atom is 0.280 e. The zero-order valence-corrected chi connectivity index (χ0v) is 22.7. The van der Waals surface area contributed by atoms with E-state index >= 15 is 0 Å². The van der Waals surface area contributed by atoms with Gasteiger partial charge in [-0.1, -0.05) is 17.3 Å². The van der Waals surface area contributed by atoms with E-state index in [9.17, 15) is 13.2 Å². The van der Waals surface area contributed by atoms with E-state index in [1.165, 1.54) is 23.5 Å². The lowest BCUT2D eigenvalue weighted by molar-refractivity contribution is -0.110. The Labute approximate surface area is 221 Å². The van der Waals surface area contributed by atoms with Gasteiger partial charge in [0.2, 0.25) is 0 Å². The minimum Gasteiger partial charge on any atom is -0.389 e. The fourth-order valence-electron chi connectivity index (χ4n) is 4.52. The van der Waals surface area contributed by atoms with Gasteiger partial charge in [0, 0.05) is 54.8 Å². The van der Waals surface area contributed by atoms with Crippen molar-refractivity contribution in [1.82, 2.24) is 15.2 Å². The molecule has 12 heteroatoms. The number of rotatable bonds is 9. The van der Waals surface area contributed by atoms with Gasteiger partial charge in [-0.2, -0.15) is 0 Å². The first-order valence-corrected chi connectivity index (χ1v) is 15.0. The molecule has 3 aliphatic rings. The molecule has 0 spiro atoms. The molecular weight excluding hydrogens is 514 g/mol. The van der Waals surface area contributed by atoms with Crippen LogP contribution in [0.1, 0.15) is 43.6 Å². The number of aromatic nitrogens is 1. The first kappa shape index (κ1) is 26.2. The van der Waals surface area contributed by atoms with Crippen LogP contribution in [0.25, 0.3) is 0 Å². The number of piperazine rings is 1. The topological polar surface area (TPSA) is 122 Å². The van der Waals surface area contributed by atoms with Gasteiger partial charge in [0.1, 0.15) is 0 Å². The third kappa shape index (κ3) is 6.55. The van der Waals surface area contributed by atoms with Gasteiger partial charge in [0.15, 0.2) is 26.8 Å². The van der Waals surface area contributed by atoms with E-state index in [1.54, 1.807) is 18.3 Å². The van der Waals surface area contributed by atoms with Crippen LogP contribution in [0.4, 0.5) is 5.13 Å². The van der Waals surface area contributed by atoms with Gasteiger partial charge in [0.05, 0.1) is 23.4 Å². The number of nitrogens with one attached hydrogen (secondary N) is 2. The third-order valence-electron chi connectivity index (χ3n) is 6.62. The summed E-state index contributed by atoms with van der Waals surface area (Å²) in [6.45, 7) is 8.95. The van der Waals surface area contributed by atoms with Crippen molar-refractivity contribution in [2.24, 2.45) is 5.16 Å². The molecule has 200 valence electrons. The Kier molecular flexibility index (Phi) is 7.64. The molecule has 2 aromatic rings. The van der Waals surface area contributed by atoms with Gasteiger partial charge >= 0.3 is 0 Å². The lowest BCUT2D eigenvalue weighted by atomic mass is 10.0. The molecule has 10 nitrogen and oxygen atoms in total. The molecule has 1 aromatic heterocycles. The van der Waals surface area contributed by atoms with E-state index < -0.39 is 15.7 Å². The van der Waals surface area contributed by atoms with E-state index in [0.717, 1.165) is 31.1 Å². The standard InChI is InChI=1S/C25H33N5O5S2/c1-25(2)16-30(11-10-27-25)14-19-13-26-24(36-19)28-23(31)22(29-35-18-9-12-34-15-18)17-3-5-20(6-4-17)37(32,33)21-7-8-21/h3-6,13,18,21,27H,7-12,14-16H2,1-2H3,(H,26,28,31)/t18-/m1/s1. The Bertz CT molecular complexity index is 1250. The maximum atomic E-state index is 13.3. The van der Waals surface area contributed by atoms with Crippen LogP contribution < -0.4 is 10.6 Å². The highest BCUT2D eigenvalue weighted by molar-refractivity contribution is 7.92. The predicted octanol–water partition coefficient (Wildman–Crippen LogP) is 2.41. The summed E-state index contributed by atoms with van der Waals surface area (Å²) in [6.07, 6.45) is 3.63. The number of nitrogens with zero attached hydrogens (tertiary/aromatic N) is 3. The first-order valence-electron chi connectivity index (χ1n) is 12.6. The highest BCUT2D eigenvalue weighted by atomic mass is 32.2. The number of anilines is 1. The van der Waals surface area contributed by atoms with Gasteiger partial charge in [-0.25, -0.2) is 13.4 Å². The monoisotopic (exact) mass is 547 g/mol. The molecule has 37 heavy (non-hydrogen) atoms. The van der Waals surface area contributed by atoms with Crippen LogP contribution in [0, 0.1) is 0 Å². The molecule has 0 unspecified atom stereocenters. The Balaban J connectivity index is 1.30. The molecule has 1 atom stereocenters. The quantitative estimate of drug-likeness (QED) is 0.363. The van der Waals surface area contributed by atoms with Crippen molar-refractivity contribution in [2.45, 2.75) is 61.4 Å². The largest absolute Gasteiger partial charge is 0.389 e. The molecule has 1 aromatic carbocycles. The number of carbonyl (C=O) groups excluding carboxylic acids is 1. The lowest BCUT2D eigenvalue weighted by Gasteiger charge is -2.38. The normalized spacial score (nSPS) is 22.6. The fourth-order valence-corrected chi connectivity index (χ4v) is 7.03. The van der Waals surface area contributed by atoms with E-state index in [4.69, 9.17) is 9.57 Å². The van der Waals surface area contributed by atoms with E-state index in [2.05, 4.69) is 39.5 Å². The SMILES string of the molecule is CC1(C)CN(Cc2cnc(NC(=O)C(=NO[C@@H]3CCOC3)c3ccc(S(=O)(=O)C4CC4)cc3)s2)CCN1. The summed E-state index contributed by atoms with van der Waals surface area (Å²) in [5.74, 6) is -0.471. The maximum absolute atomic E-state index is 13.3. The van der Waals surface area contributed by atoms with E-state index in [1.807, 2.05) is 0 Å². The zero-order valence-electron chi connectivity index (χ0n) is 21.1. The minimum atomic E-state index is -3.32. The van der Waals surface area contributed by atoms with Gasteiger partial charge in [-0.05, 0) is 38.8 Å². The molecular formula is C25H33N5O5S2. The summed E-state index contributed by atoms with van der Waals surface area (Å²) in [5, 5.41) is 10.7. The third-order valence-corrected chi connectivity index (χ3v) is 9.80. The van der Waals surface area contributed by atoms with Crippen molar-refractivity contribution in [1.29, 1.82) is 0 Å². The Morgan fingerprint density at radius 2 is 2.08 bits per heavy atom. The number of ether oxygens (including phenoxy) is 1. The summed E-state index contributed by atoms with van der Waals surface area (Å²) in [5.41, 5.74) is 0.581. The second-order valence-corrected chi connectivity index (χ2v) is 13.8. The fraction of sp³-hybridized carbons (Fsp3) is 0.560. The van der Waals surface area contributed by atoms with Crippen LogP contribution in [-0.4, -0.2) is 79.7 Å². The molecule has 1 aliphatic carbocycles. The van der Waals surface area contributed by atoms with Gasteiger partial charge in [-0.3, -0.25) is 15.0 Å². The van der Waals surface area contributed by atoms with Crippen molar-refractivity contribution in [2.75, 3.05) is 38.2 Å². The number of oxime groups is 1. The summed E-state index contributed by atoms with van der Waals surface area (Å²) in [4.78, 5) is 27.0. The number of hydrogen-bond donors (Lipinski definition) is 2. The predicted molar refractivity (Wildman–Crippen MR) is 142 cm³/mol. The van der Waals surface area contributed by atoms with Gasteiger partial charge in [-0.15, -0.1) is 11.3 Å². The summed E-state index contributed by atoms with van der Waals surface area (Å²) in [7, 11) is -3.32. The van der Waals surface area contributed by atoms with E-state index in [-0.39, 0.29) is 27.5 Å². The van der Waals surface area contributed by atoms with Crippen LogP contribution in [-0.2, 0) is 30.8 Å². The van der Waals surface area contributed by atoms with Gasteiger partial charge < -0.3 is 14.9 Å².